The van der Waals surface area contributed by atoms with Gasteiger partial charge in [0.15, 0.2) is 0 Å². The molecule has 1 N–H and O–H groups in total. The van der Waals surface area contributed by atoms with E-state index in [1.807, 2.05) is 30.3 Å². The van der Waals surface area contributed by atoms with Crippen molar-refractivity contribution in [3.8, 4) is 11.3 Å². The fourth-order valence-corrected chi connectivity index (χ4v) is 4.99. The molecule has 33 heavy (non-hydrogen) atoms. The minimum atomic E-state index is -0.901. The molecule has 5 rings (SSSR count). The molecule has 0 unspecified atom stereocenters. The Morgan fingerprint density at radius 3 is 2.30 bits per heavy atom. The van der Waals surface area contributed by atoms with E-state index in [-0.39, 0.29) is 0 Å². The van der Waals surface area contributed by atoms with Crippen LogP contribution in [-0.2, 0) is 0 Å². The average Bonchev–Trinajstić information content (AvgIpc) is 3.58. The number of rotatable bonds is 6. The topological polar surface area (TPSA) is 66.6 Å². The van der Waals surface area contributed by atoms with Crippen molar-refractivity contribution >= 4 is 40.9 Å². The summed E-state index contributed by atoms with van der Waals surface area (Å²) in [5.41, 5.74) is 3.79. The second kappa shape index (κ2) is 9.24. The highest BCUT2D eigenvalue weighted by Crippen LogP contribution is 2.46. The smallest absolute Gasteiger partial charge is 0.335 e. The summed E-state index contributed by atoms with van der Waals surface area (Å²) >= 11 is 12.9. The van der Waals surface area contributed by atoms with Gasteiger partial charge in [0.1, 0.15) is 11.5 Å². The number of carbonyl (C=O) groups is 1. The zero-order chi connectivity index (χ0) is 22.9. The number of aromatic carboxylic acids is 1. The Morgan fingerprint density at radius 1 is 1.03 bits per heavy atom. The van der Waals surface area contributed by atoms with Gasteiger partial charge in [0, 0.05) is 35.8 Å². The molecule has 0 bridgehead atoms. The van der Waals surface area contributed by atoms with Gasteiger partial charge in [-0.05, 0) is 68.0 Å². The van der Waals surface area contributed by atoms with Gasteiger partial charge in [0.25, 0.3) is 0 Å². The first kappa shape index (κ1) is 22.1. The standard InChI is InChI=1S/C26H24Cl2N2O3/c27-21-2-1-3-22(28)23(21)24-20(25(33-29-24)17-5-6-17)11-4-16-12-14-30(15-13-16)19-9-7-18(8-10-19)26(31)32/h1-4,7-11,16-17H,5-6,12-15H2,(H,31,32)/b11-4+. The van der Waals surface area contributed by atoms with Crippen LogP contribution in [0.5, 0.6) is 0 Å². The molecule has 2 aliphatic rings. The summed E-state index contributed by atoms with van der Waals surface area (Å²) in [6.45, 7) is 1.84. The third kappa shape index (κ3) is 4.66. The van der Waals surface area contributed by atoms with Crippen molar-refractivity contribution in [3.63, 3.8) is 0 Å². The highest BCUT2D eigenvalue weighted by molar-refractivity contribution is 6.39. The van der Waals surface area contributed by atoms with Gasteiger partial charge in [-0.2, -0.15) is 0 Å². The second-order valence-corrected chi connectivity index (χ2v) is 9.53. The van der Waals surface area contributed by atoms with E-state index in [4.69, 9.17) is 32.8 Å². The Balaban J connectivity index is 1.32. The molecule has 7 heteroatoms. The van der Waals surface area contributed by atoms with E-state index >= 15 is 0 Å². The van der Waals surface area contributed by atoms with Crippen LogP contribution in [0.25, 0.3) is 17.3 Å². The van der Waals surface area contributed by atoms with Gasteiger partial charge in [-0.25, -0.2) is 4.79 Å². The van der Waals surface area contributed by atoms with Gasteiger partial charge >= 0.3 is 5.97 Å². The molecule has 0 radical (unpaired) electrons. The monoisotopic (exact) mass is 482 g/mol. The first-order valence-electron chi connectivity index (χ1n) is 11.2. The molecule has 1 aliphatic heterocycles. The lowest BCUT2D eigenvalue weighted by molar-refractivity contribution is 0.0697. The van der Waals surface area contributed by atoms with Crippen LogP contribution < -0.4 is 4.90 Å². The fourth-order valence-electron chi connectivity index (χ4n) is 4.41. The van der Waals surface area contributed by atoms with Crippen molar-refractivity contribution in [2.75, 3.05) is 18.0 Å². The number of hydrogen-bond donors (Lipinski definition) is 1. The summed E-state index contributed by atoms with van der Waals surface area (Å²) in [5.74, 6) is 0.884. The van der Waals surface area contributed by atoms with E-state index in [1.165, 1.54) is 0 Å². The Bertz CT molecular complexity index is 1170. The summed E-state index contributed by atoms with van der Waals surface area (Å²) in [4.78, 5) is 13.4. The molecule has 0 atom stereocenters. The lowest BCUT2D eigenvalue weighted by atomic mass is 9.94. The lowest BCUT2D eigenvalue weighted by Crippen LogP contribution is -2.33. The highest BCUT2D eigenvalue weighted by Gasteiger charge is 2.32. The van der Waals surface area contributed by atoms with Crippen LogP contribution in [0.1, 0.15) is 53.3 Å². The minimum Gasteiger partial charge on any atom is -0.478 e. The second-order valence-electron chi connectivity index (χ2n) is 8.72. The quantitative estimate of drug-likeness (QED) is 0.403. The molecular formula is C26H24Cl2N2O3. The summed E-state index contributed by atoms with van der Waals surface area (Å²) < 4.78 is 5.76. The van der Waals surface area contributed by atoms with E-state index < -0.39 is 5.97 Å². The van der Waals surface area contributed by atoms with E-state index in [0.717, 1.165) is 61.3 Å². The van der Waals surface area contributed by atoms with E-state index in [1.54, 1.807) is 12.1 Å². The first-order valence-corrected chi connectivity index (χ1v) is 12.0. The van der Waals surface area contributed by atoms with Crippen molar-refractivity contribution in [2.45, 2.75) is 31.6 Å². The predicted molar refractivity (Wildman–Crippen MR) is 131 cm³/mol. The maximum absolute atomic E-state index is 11.1. The summed E-state index contributed by atoms with van der Waals surface area (Å²) in [7, 11) is 0. The minimum absolute atomic E-state index is 0.311. The lowest BCUT2D eigenvalue weighted by Gasteiger charge is -2.32. The summed E-state index contributed by atoms with van der Waals surface area (Å²) in [6.07, 6.45) is 8.67. The highest BCUT2D eigenvalue weighted by atomic mass is 35.5. The third-order valence-electron chi connectivity index (χ3n) is 6.46. The van der Waals surface area contributed by atoms with Crippen molar-refractivity contribution in [3.05, 3.63) is 75.5 Å². The molecule has 1 saturated heterocycles. The summed E-state index contributed by atoms with van der Waals surface area (Å²) in [6, 6.07) is 12.6. The number of carboxylic acid groups (broad SMARTS) is 1. The van der Waals surface area contributed by atoms with Gasteiger partial charge in [0.05, 0.1) is 15.6 Å². The number of hydrogen-bond acceptors (Lipinski definition) is 4. The van der Waals surface area contributed by atoms with Crippen molar-refractivity contribution in [2.24, 2.45) is 5.92 Å². The molecular weight excluding hydrogens is 459 g/mol. The number of benzene rings is 2. The number of allylic oxidation sites excluding steroid dienone is 1. The third-order valence-corrected chi connectivity index (χ3v) is 7.09. The van der Waals surface area contributed by atoms with Crippen LogP contribution in [-0.4, -0.2) is 29.3 Å². The van der Waals surface area contributed by atoms with E-state index in [0.29, 0.717) is 33.1 Å². The number of anilines is 1. The maximum atomic E-state index is 11.1. The molecule has 3 aromatic rings. The van der Waals surface area contributed by atoms with Gasteiger partial charge in [-0.1, -0.05) is 46.6 Å². The number of halogens is 2. The molecule has 1 saturated carbocycles. The Hall–Kier alpha value is -2.76. The zero-order valence-electron chi connectivity index (χ0n) is 18.0. The largest absolute Gasteiger partial charge is 0.478 e. The first-order chi connectivity index (χ1) is 16.0. The van der Waals surface area contributed by atoms with Crippen molar-refractivity contribution in [1.29, 1.82) is 0 Å². The molecule has 1 aliphatic carbocycles. The van der Waals surface area contributed by atoms with Crippen LogP contribution >= 0.6 is 23.2 Å². The maximum Gasteiger partial charge on any atom is 0.335 e. The molecule has 0 amide bonds. The van der Waals surface area contributed by atoms with Gasteiger partial charge in [0.2, 0.25) is 0 Å². The molecule has 1 aromatic heterocycles. The van der Waals surface area contributed by atoms with Crippen molar-refractivity contribution in [1.82, 2.24) is 5.16 Å². The zero-order valence-corrected chi connectivity index (χ0v) is 19.5. The molecule has 0 spiro atoms. The van der Waals surface area contributed by atoms with E-state index in [9.17, 15) is 4.79 Å². The Labute approximate surface area is 202 Å². The average molecular weight is 483 g/mol. The Kier molecular flexibility index (Phi) is 6.17. The molecule has 170 valence electrons. The van der Waals surface area contributed by atoms with Gasteiger partial charge in [-0.3, -0.25) is 0 Å². The van der Waals surface area contributed by atoms with E-state index in [2.05, 4.69) is 22.2 Å². The van der Waals surface area contributed by atoms with Gasteiger partial charge in [-0.15, -0.1) is 0 Å². The van der Waals surface area contributed by atoms with Crippen LogP contribution in [0.4, 0.5) is 5.69 Å². The molecule has 2 heterocycles. The van der Waals surface area contributed by atoms with Crippen LogP contribution in [0.3, 0.4) is 0 Å². The SMILES string of the molecule is O=C(O)c1ccc(N2CCC(/C=C/c3c(-c4c(Cl)cccc4Cl)noc3C3CC3)CC2)cc1. The molecule has 2 fully saturated rings. The number of carboxylic acids is 1. The fraction of sp³-hybridized carbons (Fsp3) is 0.308. The van der Waals surface area contributed by atoms with Gasteiger partial charge < -0.3 is 14.5 Å². The normalized spacial score (nSPS) is 17.1. The summed E-state index contributed by atoms with van der Waals surface area (Å²) in [5, 5.41) is 14.6. The van der Waals surface area contributed by atoms with Crippen LogP contribution in [0.15, 0.2) is 53.1 Å². The number of piperidine rings is 1. The van der Waals surface area contributed by atoms with Crippen LogP contribution in [0.2, 0.25) is 10.0 Å². The molecule has 5 nitrogen and oxygen atoms in total. The molecule has 2 aromatic carbocycles. The number of nitrogens with zero attached hydrogens (tertiary/aromatic N) is 2. The van der Waals surface area contributed by atoms with Crippen LogP contribution in [0, 0.1) is 5.92 Å². The predicted octanol–water partition coefficient (Wildman–Crippen LogP) is 7.15. The van der Waals surface area contributed by atoms with Crippen molar-refractivity contribution < 1.29 is 14.4 Å². The Morgan fingerprint density at radius 2 is 1.70 bits per heavy atom. The number of aromatic nitrogens is 1.